The molecule has 0 saturated carbocycles. The van der Waals surface area contributed by atoms with Crippen molar-refractivity contribution in [2.24, 2.45) is 0 Å². The summed E-state index contributed by atoms with van der Waals surface area (Å²) in [6.45, 7) is 2.06. The molecule has 7 heteroatoms. The van der Waals surface area contributed by atoms with Gasteiger partial charge in [0, 0.05) is 27.5 Å². The fraction of sp³-hybridized carbons (Fsp3) is 0.0870. The summed E-state index contributed by atoms with van der Waals surface area (Å²) in [5.41, 5.74) is 3.35. The third kappa shape index (κ3) is 5.89. The average molecular weight is 438 g/mol. The zero-order valence-electron chi connectivity index (χ0n) is 16.2. The number of hydrogen-bond acceptors (Lipinski definition) is 3. The first kappa shape index (κ1) is 21.5. The van der Waals surface area contributed by atoms with E-state index in [2.05, 4.69) is 22.9 Å². The molecule has 30 heavy (non-hydrogen) atoms. The minimum atomic E-state index is -0.291. The van der Waals surface area contributed by atoms with E-state index in [-0.39, 0.29) is 16.9 Å². The second-order valence-electron chi connectivity index (χ2n) is 6.50. The molecule has 0 spiro atoms. The van der Waals surface area contributed by atoms with Crippen LogP contribution in [-0.2, 0) is 6.42 Å². The number of hydrogen-bond donors (Lipinski definition) is 3. The standard InChI is InChI=1S/C23H20ClN3O2S/c1-2-15-9-11-16(12-10-15)21(28)27-23(30)26-20-8-4-7-19(14-20)25-22(29)17-5-3-6-18(24)13-17/h3-14H,2H2,1H3,(H,25,29)(H2,26,27,28,30). The molecular weight excluding hydrogens is 418 g/mol. The van der Waals surface area contributed by atoms with Gasteiger partial charge in [-0.15, -0.1) is 0 Å². The Bertz CT molecular complexity index is 1080. The predicted molar refractivity (Wildman–Crippen MR) is 125 cm³/mol. The number of thiocarbonyl (C=S) groups is 1. The molecule has 0 aliphatic heterocycles. The summed E-state index contributed by atoms with van der Waals surface area (Å²) in [7, 11) is 0. The van der Waals surface area contributed by atoms with Crippen molar-refractivity contribution in [3.8, 4) is 0 Å². The number of aryl methyl sites for hydroxylation is 1. The number of benzene rings is 3. The van der Waals surface area contributed by atoms with Crippen LogP contribution < -0.4 is 16.0 Å². The quantitative estimate of drug-likeness (QED) is 0.475. The summed E-state index contributed by atoms with van der Waals surface area (Å²) < 4.78 is 0. The van der Waals surface area contributed by atoms with Crippen LogP contribution in [0, 0.1) is 0 Å². The molecule has 3 N–H and O–H groups in total. The third-order valence-electron chi connectivity index (χ3n) is 4.32. The molecular formula is C23H20ClN3O2S. The van der Waals surface area contributed by atoms with Crippen molar-refractivity contribution in [2.75, 3.05) is 10.6 Å². The predicted octanol–water partition coefficient (Wildman–Crippen LogP) is 5.28. The lowest BCUT2D eigenvalue weighted by Gasteiger charge is -2.12. The van der Waals surface area contributed by atoms with E-state index in [1.165, 1.54) is 0 Å². The lowest BCUT2D eigenvalue weighted by molar-refractivity contribution is 0.0976. The van der Waals surface area contributed by atoms with Crippen molar-refractivity contribution in [1.82, 2.24) is 5.32 Å². The van der Waals surface area contributed by atoms with Gasteiger partial charge < -0.3 is 10.6 Å². The van der Waals surface area contributed by atoms with Crippen LogP contribution in [0.5, 0.6) is 0 Å². The summed E-state index contributed by atoms with van der Waals surface area (Å²) in [5, 5.41) is 9.07. The Balaban J connectivity index is 1.60. The van der Waals surface area contributed by atoms with E-state index in [9.17, 15) is 9.59 Å². The van der Waals surface area contributed by atoms with E-state index in [1.807, 2.05) is 12.1 Å². The number of rotatable bonds is 5. The molecule has 0 aliphatic carbocycles. The van der Waals surface area contributed by atoms with Gasteiger partial charge in [0.25, 0.3) is 11.8 Å². The van der Waals surface area contributed by atoms with Gasteiger partial charge in [-0.2, -0.15) is 0 Å². The van der Waals surface area contributed by atoms with Gasteiger partial charge >= 0.3 is 0 Å². The minimum absolute atomic E-state index is 0.165. The van der Waals surface area contributed by atoms with Crippen molar-refractivity contribution in [3.05, 3.63) is 94.5 Å². The lowest BCUT2D eigenvalue weighted by Crippen LogP contribution is -2.34. The Labute approximate surface area is 185 Å². The van der Waals surface area contributed by atoms with Crippen LogP contribution >= 0.6 is 23.8 Å². The maximum atomic E-state index is 12.4. The van der Waals surface area contributed by atoms with Gasteiger partial charge in [0.15, 0.2) is 5.11 Å². The molecule has 0 radical (unpaired) electrons. The number of carbonyl (C=O) groups is 2. The van der Waals surface area contributed by atoms with Gasteiger partial charge in [0.05, 0.1) is 0 Å². The summed E-state index contributed by atoms with van der Waals surface area (Å²) >= 11 is 11.2. The van der Waals surface area contributed by atoms with Gasteiger partial charge in [0.2, 0.25) is 0 Å². The Morgan fingerprint density at radius 1 is 0.833 bits per heavy atom. The van der Waals surface area contributed by atoms with Crippen LogP contribution in [0.15, 0.2) is 72.8 Å². The molecule has 0 unspecified atom stereocenters. The maximum absolute atomic E-state index is 12.4. The summed E-state index contributed by atoms with van der Waals surface area (Å²) in [5.74, 6) is -0.568. The van der Waals surface area contributed by atoms with E-state index in [4.69, 9.17) is 23.8 Å². The number of halogens is 1. The van der Waals surface area contributed by atoms with Crippen LogP contribution in [0.25, 0.3) is 0 Å². The smallest absolute Gasteiger partial charge is 0.257 e. The SMILES string of the molecule is CCc1ccc(C(=O)NC(=S)Nc2cccc(NC(=O)c3cccc(Cl)c3)c2)cc1. The number of carbonyl (C=O) groups excluding carboxylic acids is 2. The number of amides is 2. The zero-order chi connectivity index (χ0) is 21.5. The molecule has 0 aromatic heterocycles. The first-order valence-corrected chi connectivity index (χ1v) is 10.1. The molecule has 0 heterocycles. The molecule has 2 amide bonds. The van der Waals surface area contributed by atoms with Crippen LogP contribution in [0.1, 0.15) is 33.2 Å². The molecule has 0 fully saturated rings. The van der Waals surface area contributed by atoms with Crippen molar-refractivity contribution < 1.29 is 9.59 Å². The van der Waals surface area contributed by atoms with Gasteiger partial charge in [-0.3, -0.25) is 14.9 Å². The van der Waals surface area contributed by atoms with Crippen LogP contribution in [0.4, 0.5) is 11.4 Å². The van der Waals surface area contributed by atoms with Gasteiger partial charge in [-0.1, -0.05) is 42.8 Å². The second-order valence-corrected chi connectivity index (χ2v) is 7.35. The molecule has 3 aromatic carbocycles. The van der Waals surface area contributed by atoms with E-state index in [1.54, 1.807) is 60.7 Å². The molecule has 0 atom stereocenters. The second kappa shape index (κ2) is 10.0. The Morgan fingerprint density at radius 3 is 2.17 bits per heavy atom. The lowest BCUT2D eigenvalue weighted by atomic mass is 10.1. The molecule has 0 bridgehead atoms. The number of nitrogens with one attached hydrogen (secondary N) is 3. The van der Waals surface area contributed by atoms with E-state index in [0.29, 0.717) is 27.5 Å². The first-order valence-electron chi connectivity index (χ1n) is 9.33. The van der Waals surface area contributed by atoms with Crippen LogP contribution in [-0.4, -0.2) is 16.9 Å². The average Bonchev–Trinajstić information content (AvgIpc) is 2.74. The molecule has 0 aliphatic rings. The summed E-state index contributed by atoms with van der Waals surface area (Å²) in [4.78, 5) is 24.7. The highest BCUT2D eigenvalue weighted by Crippen LogP contribution is 2.17. The van der Waals surface area contributed by atoms with E-state index in [0.717, 1.165) is 12.0 Å². The van der Waals surface area contributed by atoms with Gasteiger partial charge in [0.1, 0.15) is 0 Å². The Kier molecular flexibility index (Phi) is 7.17. The van der Waals surface area contributed by atoms with Crippen molar-refractivity contribution in [1.29, 1.82) is 0 Å². The Hall–Kier alpha value is -3.22. The van der Waals surface area contributed by atoms with E-state index < -0.39 is 0 Å². The maximum Gasteiger partial charge on any atom is 0.257 e. The van der Waals surface area contributed by atoms with Gasteiger partial charge in [-0.25, -0.2) is 0 Å². The highest BCUT2D eigenvalue weighted by atomic mass is 35.5. The van der Waals surface area contributed by atoms with E-state index >= 15 is 0 Å². The first-order chi connectivity index (χ1) is 14.4. The van der Waals surface area contributed by atoms with Crippen molar-refractivity contribution in [2.45, 2.75) is 13.3 Å². The minimum Gasteiger partial charge on any atom is -0.332 e. The molecule has 3 aromatic rings. The molecule has 0 saturated heterocycles. The molecule has 5 nitrogen and oxygen atoms in total. The normalized spacial score (nSPS) is 10.2. The highest BCUT2D eigenvalue weighted by Gasteiger charge is 2.10. The van der Waals surface area contributed by atoms with Crippen molar-refractivity contribution in [3.63, 3.8) is 0 Å². The fourth-order valence-electron chi connectivity index (χ4n) is 2.74. The molecule has 152 valence electrons. The monoisotopic (exact) mass is 437 g/mol. The summed E-state index contributed by atoms with van der Waals surface area (Å²) in [6, 6.07) is 21.1. The number of anilines is 2. The zero-order valence-corrected chi connectivity index (χ0v) is 17.8. The Morgan fingerprint density at radius 2 is 1.50 bits per heavy atom. The largest absolute Gasteiger partial charge is 0.332 e. The van der Waals surface area contributed by atoms with Crippen molar-refractivity contribution >= 4 is 52.1 Å². The third-order valence-corrected chi connectivity index (χ3v) is 4.76. The topological polar surface area (TPSA) is 70.2 Å². The van der Waals surface area contributed by atoms with Crippen LogP contribution in [0.2, 0.25) is 5.02 Å². The summed E-state index contributed by atoms with van der Waals surface area (Å²) in [6.07, 6.45) is 0.909. The van der Waals surface area contributed by atoms with Gasteiger partial charge in [-0.05, 0) is 72.7 Å². The fourth-order valence-corrected chi connectivity index (χ4v) is 3.14. The highest BCUT2D eigenvalue weighted by molar-refractivity contribution is 7.80. The van der Waals surface area contributed by atoms with Crippen LogP contribution in [0.3, 0.4) is 0 Å². The molecule has 3 rings (SSSR count).